The first-order valence-electron chi connectivity index (χ1n) is 6.51. The number of amides is 1. The van der Waals surface area contributed by atoms with Gasteiger partial charge in [0.25, 0.3) is 0 Å². The Morgan fingerprint density at radius 1 is 1.44 bits per heavy atom. The Kier molecular flexibility index (Phi) is 2.78. The van der Waals surface area contributed by atoms with Gasteiger partial charge in [-0.05, 0) is 25.8 Å². The molecule has 1 aliphatic carbocycles. The van der Waals surface area contributed by atoms with Crippen molar-refractivity contribution in [3.05, 3.63) is 30.0 Å². The van der Waals surface area contributed by atoms with Crippen LogP contribution in [0.3, 0.4) is 0 Å². The minimum Gasteiger partial charge on any atom is -0.350 e. The molecule has 0 radical (unpaired) electrons. The van der Waals surface area contributed by atoms with Crippen LogP contribution in [0.1, 0.15) is 25.5 Å². The van der Waals surface area contributed by atoms with E-state index in [1.807, 2.05) is 16.8 Å². The Hall–Kier alpha value is -1.84. The number of aromatic nitrogens is 2. The SMILES string of the molecule is CCn1nc(CNC(=O)C2CC2)c2ccccc21. The van der Waals surface area contributed by atoms with Crippen LogP contribution in [0.15, 0.2) is 24.3 Å². The number of carbonyl (C=O) groups is 1. The summed E-state index contributed by atoms with van der Waals surface area (Å²) in [6.07, 6.45) is 2.08. The van der Waals surface area contributed by atoms with Crippen molar-refractivity contribution in [3.8, 4) is 0 Å². The standard InChI is InChI=1S/C14H17N3O/c1-2-17-13-6-4-3-5-11(13)12(16-17)9-15-14(18)10-7-8-10/h3-6,10H,2,7-9H2,1H3,(H,15,18). The van der Waals surface area contributed by atoms with Crippen LogP contribution in [-0.2, 0) is 17.9 Å². The highest BCUT2D eigenvalue weighted by Crippen LogP contribution is 2.29. The van der Waals surface area contributed by atoms with Gasteiger partial charge in [-0.25, -0.2) is 0 Å². The highest BCUT2D eigenvalue weighted by molar-refractivity contribution is 5.84. The summed E-state index contributed by atoms with van der Waals surface area (Å²) in [5, 5.41) is 8.67. The third kappa shape index (κ3) is 1.98. The summed E-state index contributed by atoms with van der Waals surface area (Å²) < 4.78 is 1.98. The predicted octanol–water partition coefficient (Wildman–Crippen LogP) is 2.08. The lowest BCUT2D eigenvalue weighted by Crippen LogP contribution is -2.24. The maximum atomic E-state index is 11.6. The lowest BCUT2D eigenvalue weighted by atomic mass is 10.2. The number of carbonyl (C=O) groups excluding carboxylic acids is 1. The van der Waals surface area contributed by atoms with Gasteiger partial charge in [-0.3, -0.25) is 9.48 Å². The first-order chi connectivity index (χ1) is 8.79. The topological polar surface area (TPSA) is 46.9 Å². The zero-order chi connectivity index (χ0) is 12.5. The maximum absolute atomic E-state index is 11.6. The van der Waals surface area contributed by atoms with E-state index >= 15 is 0 Å². The molecule has 1 N–H and O–H groups in total. The molecule has 3 rings (SSSR count). The van der Waals surface area contributed by atoms with Crippen LogP contribution in [-0.4, -0.2) is 15.7 Å². The predicted molar refractivity (Wildman–Crippen MR) is 70.0 cm³/mol. The molecular formula is C14H17N3O. The fourth-order valence-electron chi connectivity index (χ4n) is 2.23. The van der Waals surface area contributed by atoms with E-state index < -0.39 is 0 Å². The summed E-state index contributed by atoms with van der Waals surface area (Å²) in [6.45, 7) is 3.45. The fraction of sp³-hybridized carbons (Fsp3) is 0.429. The van der Waals surface area contributed by atoms with Gasteiger partial charge in [0.05, 0.1) is 17.8 Å². The van der Waals surface area contributed by atoms with Crippen molar-refractivity contribution >= 4 is 16.8 Å². The lowest BCUT2D eigenvalue weighted by molar-refractivity contribution is -0.122. The third-order valence-electron chi connectivity index (χ3n) is 3.41. The number of nitrogens with one attached hydrogen (secondary N) is 1. The van der Waals surface area contributed by atoms with E-state index in [4.69, 9.17) is 0 Å². The van der Waals surface area contributed by atoms with E-state index in [2.05, 4.69) is 29.5 Å². The minimum absolute atomic E-state index is 0.171. The Morgan fingerprint density at radius 3 is 2.94 bits per heavy atom. The zero-order valence-corrected chi connectivity index (χ0v) is 10.5. The molecule has 1 heterocycles. The monoisotopic (exact) mass is 243 g/mol. The molecule has 0 saturated heterocycles. The Morgan fingerprint density at radius 2 is 2.22 bits per heavy atom. The zero-order valence-electron chi connectivity index (χ0n) is 10.5. The first-order valence-corrected chi connectivity index (χ1v) is 6.51. The number of aryl methyl sites for hydroxylation is 1. The molecule has 1 amide bonds. The van der Waals surface area contributed by atoms with Crippen molar-refractivity contribution in [2.45, 2.75) is 32.9 Å². The molecule has 1 aliphatic rings. The molecule has 4 heteroatoms. The fourth-order valence-corrected chi connectivity index (χ4v) is 2.23. The van der Waals surface area contributed by atoms with E-state index in [1.54, 1.807) is 0 Å². The number of para-hydroxylation sites is 1. The highest BCUT2D eigenvalue weighted by atomic mass is 16.2. The minimum atomic E-state index is 0.171. The van der Waals surface area contributed by atoms with Gasteiger partial charge in [0, 0.05) is 17.8 Å². The number of fused-ring (bicyclic) bond motifs is 1. The Bertz CT molecular complexity index is 584. The molecule has 0 aliphatic heterocycles. The molecule has 18 heavy (non-hydrogen) atoms. The average Bonchev–Trinajstić information content (AvgIpc) is 3.19. The smallest absolute Gasteiger partial charge is 0.223 e. The molecule has 94 valence electrons. The summed E-state index contributed by atoms with van der Waals surface area (Å²) in [4.78, 5) is 11.6. The van der Waals surface area contributed by atoms with Gasteiger partial charge in [-0.15, -0.1) is 0 Å². The number of benzene rings is 1. The quantitative estimate of drug-likeness (QED) is 0.893. The molecule has 1 aromatic carbocycles. The van der Waals surface area contributed by atoms with Crippen molar-refractivity contribution in [3.63, 3.8) is 0 Å². The van der Waals surface area contributed by atoms with Crippen molar-refractivity contribution in [2.24, 2.45) is 5.92 Å². The van der Waals surface area contributed by atoms with Crippen LogP contribution in [0.25, 0.3) is 10.9 Å². The summed E-state index contributed by atoms with van der Waals surface area (Å²) in [5.74, 6) is 0.426. The third-order valence-corrected chi connectivity index (χ3v) is 3.41. The van der Waals surface area contributed by atoms with Crippen LogP contribution in [0.5, 0.6) is 0 Å². The summed E-state index contributed by atoms with van der Waals surface area (Å²) in [7, 11) is 0. The van der Waals surface area contributed by atoms with E-state index in [-0.39, 0.29) is 11.8 Å². The Labute approximate surface area is 106 Å². The number of hydrogen-bond donors (Lipinski definition) is 1. The van der Waals surface area contributed by atoms with Crippen molar-refractivity contribution in [1.82, 2.24) is 15.1 Å². The molecule has 1 aromatic heterocycles. The molecule has 4 nitrogen and oxygen atoms in total. The van der Waals surface area contributed by atoms with Crippen molar-refractivity contribution in [2.75, 3.05) is 0 Å². The molecule has 2 aromatic rings. The molecule has 1 fully saturated rings. The van der Waals surface area contributed by atoms with Gasteiger partial charge in [0.1, 0.15) is 0 Å². The maximum Gasteiger partial charge on any atom is 0.223 e. The second-order valence-corrected chi connectivity index (χ2v) is 4.77. The highest BCUT2D eigenvalue weighted by Gasteiger charge is 2.29. The normalized spacial score (nSPS) is 14.9. The van der Waals surface area contributed by atoms with E-state index in [0.717, 1.165) is 36.0 Å². The molecule has 0 spiro atoms. The summed E-state index contributed by atoms with van der Waals surface area (Å²) in [5.41, 5.74) is 2.09. The van der Waals surface area contributed by atoms with Gasteiger partial charge in [-0.1, -0.05) is 18.2 Å². The second-order valence-electron chi connectivity index (χ2n) is 4.77. The first kappa shape index (κ1) is 11.3. The van der Waals surface area contributed by atoms with Crippen LogP contribution in [0, 0.1) is 5.92 Å². The Balaban J connectivity index is 1.84. The van der Waals surface area contributed by atoms with Crippen molar-refractivity contribution < 1.29 is 4.79 Å². The lowest BCUT2D eigenvalue weighted by Gasteiger charge is -2.01. The number of rotatable bonds is 4. The number of nitrogens with zero attached hydrogens (tertiary/aromatic N) is 2. The summed E-state index contributed by atoms with van der Waals surface area (Å²) >= 11 is 0. The van der Waals surface area contributed by atoms with Crippen LogP contribution >= 0.6 is 0 Å². The van der Waals surface area contributed by atoms with Gasteiger partial charge < -0.3 is 5.32 Å². The molecular weight excluding hydrogens is 226 g/mol. The number of hydrogen-bond acceptors (Lipinski definition) is 2. The van der Waals surface area contributed by atoms with Crippen molar-refractivity contribution in [1.29, 1.82) is 0 Å². The molecule has 1 saturated carbocycles. The van der Waals surface area contributed by atoms with Crippen LogP contribution in [0.4, 0.5) is 0 Å². The van der Waals surface area contributed by atoms with Gasteiger partial charge in [-0.2, -0.15) is 5.10 Å². The van der Waals surface area contributed by atoms with Crippen LogP contribution < -0.4 is 5.32 Å². The second kappa shape index (κ2) is 4.44. The van der Waals surface area contributed by atoms with Crippen LogP contribution in [0.2, 0.25) is 0 Å². The molecule has 0 bridgehead atoms. The van der Waals surface area contributed by atoms with Gasteiger partial charge in [0.15, 0.2) is 0 Å². The van der Waals surface area contributed by atoms with E-state index in [9.17, 15) is 4.79 Å². The molecule has 0 atom stereocenters. The van der Waals surface area contributed by atoms with Gasteiger partial charge >= 0.3 is 0 Å². The molecule has 0 unspecified atom stereocenters. The van der Waals surface area contributed by atoms with E-state index in [0.29, 0.717) is 6.54 Å². The summed E-state index contributed by atoms with van der Waals surface area (Å²) in [6, 6.07) is 8.16. The van der Waals surface area contributed by atoms with Gasteiger partial charge in [0.2, 0.25) is 5.91 Å². The largest absolute Gasteiger partial charge is 0.350 e. The average molecular weight is 243 g/mol. The van der Waals surface area contributed by atoms with E-state index in [1.165, 1.54) is 0 Å².